The van der Waals surface area contributed by atoms with E-state index in [-0.39, 0.29) is 30.8 Å². The smallest absolute Gasteiger partial charge is 0.273 e. The van der Waals surface area contributed by atoms with Gasteiger partial charge in [0.2, 0.25) is 11.8 Å². The van der Waals surface area contributed by atoms with Crippen LogP contribution in [0.4, 0.5) is 15.8 Å². The number of sulfonamides is 1. The molecular weight excluding hydrogens is 627 g/mol. The van der Waals surface area contributed by atoms with Gasteiger partial charge in [-0.05, 0) is 67.4 Å². The second-order valence-corrected chi connectivity index (χ2v) is 12.5. The zero-order valence-corrected chi connectivity index (χ0v) is 26.9. The van der Waals surface area contributed by atoms with Gasteiger partial charge in [0.1, 0.15) is 24.2 Å². The summed E-state index contributed by atoms with van der Waals surface area (Å²) in [6.07, 6.45) is 0.110. The van der Waals surface area contributed by atoms with Crippen molar-refractivity contribution < 1.29 is 32.1 Å². The maximum atomic E-state index is 14.4. The SMILES string of the molecule is CCNC(=O)[C@@H](Cc1ccccc1)N(Cc1ccc(F)cc1)C(=O)CN(c1ccc(OC)cc1)S(=O)(=O)c1ccc(C)c([N+](=O)[O-])c1. The third kappa shape index (κ3) is 8.50. The fourth-order valence-electron chi connectivity index (χ4n) is 4.98. The number of ether oxygens (including phenoxy) is 1. The van der Waals surface area contributed by atoms with E-state index in [1.165, 1.54) is 79.6 Å². The number of methoxy groups -OCH3 is 1. The van der Waals surface area contributed by atoms with E-state index in [0.717, 1.165) is 15.9 Å². The number of amides is 2. The molecule has 0 saturated carbocycles. The topological polar surface area (TPSA) is 139 Å². The molecule has 4 aromatic carbocycles. The molecule has 0 radical (unpaired) electrons. The van der Waals surface area contributed by atoms with E-state index in [1.807, 2.05) is 18.2 Å². The Kier molecular flexibility index (Phi) is 11.3. The van der Waals surface area contributed by atoms with Crippen LogP contribution in [-0.2, 0) is 32.6 Å². The standard InChI is InChI=1S/C34H35FN4O7S/c1-4-36-34(41)32(20-25-8-6-5-7-9-25)37(22-26-11-13-27(35)14-12-26)33(40)23-38(28-15-17-29(46-3)18-16-28)47(44,45)30-19-10-24(2)31(21-30)39(42)43/h5-19,21,32H,4,20,22-23H2,1-3H3,(H,36,41)/t32-/m1/s1. The monoisotopic (exact) mass is 662 g/mol. The molecule has 0 aliphatic rings. The minimum Gasteiger partial charge on any atom is -0.497 e. The fraction of sp³-hybridized carbons (Fsp3) is 0.235. The third-order valence-corrected chi connectivity index (χ3v) is 9.26. The van der Waals surface area contributed by atoms with Crippen LogP contribution in [0.15, 0.2) is 102 Å². The Morgan fingerprint density at radius 1 is 0.957 bits per heavy atom. The van der Waals surface area contributed by atoms with E-state index in [4.69, 9.17) is 4.74 Å². The molecule has 2 amide bonds. The number of likely N-dealkylation sites (N-methyl/N-ethyl adjacent to an activating group) is 1. The molecule has 0 aliphatic carbocycles. The summed E-state index contributed by atoms with van der Waals surface area (Å²) in [6.45, 7) is 2.60. The lowest BCUT2D eigenvalue weighted by Crippen LogP contribution is -2.53. The molecule has 47 heavy (non-hydrogen) atoms. The normalized spacial score (nSPS) is 11.7. The molecule has 0 aliphatic heterocycles. The van der Waals surface area contributed by atoms with Crippen LogP contribution in [0.5, 0.6) is 5.75 Å². The highest BCUT2D eigenvalue weighted by Gasteiger charge is 2.35. The number of nitrogens with zero attached hydrogens (tertiary/aromatic N) is 3. The Morgan fingerprint density at radius 2 is 1.62 bits per heavy atom. The van der Waals surface area contributed by atoms with Gasteiger partial charge in [0.05, 0.1) is 22.6 Å². The van der Waals surface area contributed by atoms with Crippen molar-refractivity contribution in [1.82, 2.24) is 10.2 Å². The van der Waals surface area contributed by atoms with Gasteiger partial charge < -0.3 is 15.0 Å². The first-order valence-electron chi connectivity index (χ1n) is 14.7. The minimum absolute atomic E-state index is 0.0849. The molecule has 0 unspecified atom stereocenters. The van der Waals surface area contributed by atoms with E-state index in [2.05, 4.69) is 5.32 Å². The second-order valence-electron chi connectivity index (χ2n) is 10.7. The highest BCUT2D eigenvalue weighted by molar-refractivity contribution is 7.92. The number of nitro groups is 1. The molecular formula is C34H35FN4O7S. The minimum atomic E-state index is -4.58. The molecule has 0 spiro atoms. The van der Waals surface area contributed by atoms with E-state index < -0.39 is 55.7 Å². The summed E-state index contributed by atoms with van der Waals surface area (Å²) in [5.74, 6) is -1.25. The Morgan fingerprint density at radius 3 is 2.21 bits per heavy atom. The number of carbonyl (C=O) groups is 2. The van der Waals surface area contributed by atoms with E-state index >= 15 is 0 Å². The number of carbonyl (C=O) groups excluding carboxylic acids is 2. The fourth-order valence-corrected chi connectivity index (χ4v) is 6.42. The van der Waals surface area contributed by atoms with Gasteiger partial charge in [-0.15, -0.1) is 0 Å². The molecule has 11 nitrogen and oxygen atoms in total. The number of anilines is 1. The average Bonchev–Trinajstić information content (AvgIpc) is 3.06. The van der Waals surface area contributed by atoms with Crippen molar-refractivity contribution in [3.8, 4) is 5.75 Å². The van der Waals surface area contributed by atoms with Gasteiger partial charge in [0, 0.05) is 31.1 Å². The van der Waals surface area contributed by atoms with Gasteiger partial charge in [-0.2, -0.15) is 0 Å². The van der Waals surface area contributed by atoms with Crippen molar-refractivity contribution in [3.63, 3.8) is 0 Å². The van der Waals surface area contributed by atoms with Gasteiger partial charge in [-0.3, -0.25) is 24.0 Å². The maximum absolute atomic E-state index is 14.4. The third-order valence-electron chi connectivity index (χ3n) is 7.49. The van der Waals surface area contributed by atoms with Crippen molar-refractivity contribution in [3.05, 3.63) is 130 Å². The predicted octanol–water partition coefficient (Wildman–Crippen LogP) is 5.02. The van der Waals surface area contributed by atoms with Crippen LogP contribution in [0.1, 0.15) is 23.6 Å². The lowest BCUT2D eigenvalue weighted by molar-refractivity contribution is -0.385. The lowest BCUT2D eigenvalue weighted by Gasteiger charge is -2.33. The molecule has 0 aromatic heterocycles. The largest absolute Gasteiger partial charge is 0.497 e. The number of aryl methyl sites for hydroxylation is 1. The number of hydrogen-bond acceptors (Lipinski definition) is 7. The van der Waals surface area contributed by atoms with Crippen molar-refractivity contribution >= 4 is 33.2 Å². The first kappa shape index (κ1) is 34.6. The van der Waals surface area contributed by atoms with Crippen LogP contribution >= 0.6 is 0 Å². The highest BCUT2D eigenvalue weighted by Crippen LogP contribution is 2.30. The number of nitro benzene ring substituents is 1. The summed E-state index contributed by atoms with van der Waals surface area (Å²) in [4.78, 5) is 39.8. The first-order valence-corrected chi connectivity index (χ1v) is 16.2. The van der Waals surface area contributed by atoms with Crippen LogP contribution in [0.25, 0.3) is 0 Å². The molecule has 0 saturated heterocycles. The van der Waals surface area contributed by atoms with Crippen LogP contribution < -0.4 is 14.4 Å². The second kappa shape index (κ2) is 15.3. The zero-order chi connectivity index (χ0) is 34.1. The van der Waals surface area contributed by atoms with Crippen molar-refractivity contribution in [2.75, 3.05) is 24.5 Å². The summed E-state index contributed by atoms with van der Waals surface area (Å²) in [5.41, 5.74) is 1.21. The number of hydrogen-bond donors (Lipinski definition) is 1. The summed E-state index contributed by atoms with van der Waals surface area (Å²) in [6, 6.07) is 22.8. The Bertz CT molecular complexity index is 1820. The summed E-state index contributed by atoms with van der Waals surface area (Å²) in [5, 5.41) is 14.4. The molecule has 0 heterocycles. The van der Waals surface area contributed by atoms with Crippen LogP contribution in [0, 0.1) is 22.9 Å². The number of nitrogens with one attached hydrogen (secondary N) is 1. The van der Waals surface area contributed by atoms with Gasteiger partial charge >= 0.3 is 0 Å². The van der Waals surface area contributed by atoms with Gasteiger partial charge in [0.15, 0.2) is 0 Å². The van der Waals surface area contributed by atoms with Crippen LogP contribution in [-0.4, -0.2) is 56.3 Å². The Balaban J connectivity index is 1.83. The van der Waals surface area contributed by atoms with Crippen LogP contribution in [0.3, 0.4) is 0 Å². The van der Waals surface area contributed by atoms with E-state index in [1.54, 1.807) is 19.1 Å². The Hall–Kier alpha value is -5.30. The molecule has 0 bridgehead atoms. The number of rotatable bonds is 14. The summed E-state index contributed by atoms with van der Waals surface area (Å²) >= 11 is 0. The average molecular weight is 663 g/mol. The number of benzene rings is 4. The molecule has 0 fully saturated rings. The Labute approximate surface area is 272 Å². The van der Waals surface area contributed by atoms with Gasteiger partial charge in [-0.1, -0.05) is 48.5 Å². The van der Waals surface area contributed by atoms with Crippen LogP contribution in [0.2, 0.25) is 0 Å². The van der Waals surface area contributed by atoms with Crippen molar-refractivity contribution in [2.45, 2.75) is 37.8 Å². The maximum Gasteiger partial charge on any atom is 0.273 e. The lowest BCUT2D eigenvalue weighted by atomic mass is 10.0. The van der Waals surface area contributed by atoms with E-state index in [0.29, 0.717) is 11.3 Å². The predicted molar refractivity (Wildman–Crippen MR) is 175 cm³/mol. The summed E-state index contributed by atoms with van der Waals surface area (Å²) in [7, 11) is -3.13. The van der Waals surface area contributed by atoms with Gasteiger partial charge in [0.25, 0.3) is 15.7 Å². The van der Waals surface area contributed by atoms with Crippen molar-refractivity contribution in [2.24, 2.45) is 0 Å². The summed E-state index contributed by atoms with van der Waals surface area (Å²) < 4.78 is 48.3. The van der Waals surface area contributed by atoms with E-state index in [9.17, 15) is 32.5 Å². The zero-order valence-electron chi connectivity index (χ0n) is 26.1. The molecule has 4 aromatic rings. The molecule has 13 heteroatoms. The quantitative estimate of drug-likeness (QED) is 0.148. The number of halogens is 1. The molecule has 4 rings (SSSR count). The van der Waals surface area contributed by atoms with Gasteiger partial charge in [-0.25, -0.2) is 12.8 Å². The molecule has 246 valence electrons. The highest BCUT2D eigenvalue weighted by atomic mass is 32.2. The molecule has 1 atom stereocenters. The first-order chi connectivity index (χ1) is 22.4. The van der Waals surface area contributed by atoms with Crippen molar-refractivity contribution in [1.29, 1.82) is 0 Å². The molecule has 1 N–H and O–H groups in total.